The molecule has 0 saturated heterocycles. The van der Waals surface area contributed by atoms with Crippen molar-refractivity contribution in [2.75, 3.05) is 7.11 Å². The SMILES string of the molecule is COC(C)C(=O)CCc1ccsc1. The summed E-state index contributed by atoms with van der Waals surface area (Å²) in [5.41, 5.74) is 1.24. The van der Waals surface area contributed by atoms with Crippen molar-refractivity contribution in [2.45, 2.75) is 25.9 Å². The average Bonchev–Trinajstić information content (AvgIpc) is 2.65. The maximum atomic E-state index is 11.3. The molecule has 0 amide bonds. The lowest BCUT2D eigenvalue weighted by molar-refractivity contribution is -0.127. The molecule has 0 bridgehead atoms. The lowest BCUT2D eigenvalue weighted by Crippen LogP contribution is -2.19. The minimum atomic E-state index is -0.265. The monoisotopic (exact) mass is 198 g/mol. The van der Waals surface area contributed by atoms with Crippen LogP contribution in [0, 0.1) is 0 Å². The first kappa shape index (κ1) is 10.4. The van der Waals surface area contributed by atoms with E-state index in [9.17, 15) is 4.79 Å². The van der Waals surface area contributed by atoms with Gasteiger partial charge in [-0.2, -0.15) is 11.3 Å². The number of rotatable bonds is 5. The minimum absolute atomic E-state index is 0.175. The predicted octanol–water partition coefficient (Wildman–Crippen LogP) is 2.28. The largest absolute Gasteiger partial charge is 0.374 e. The van der Waals surface area contributed by atoms with Crippen molar-refractivity contribution in [1.29, 1.82) is 0 Å². The summed E-state index contributed by atoms with van der Waals surface area (Å²) in [5, 5.41) is 4.10. The van der Waals surface area contributed by atoms with Crippen molar-refractivity contribution in [2.24, 2.45) is 0 Å². The molecule has 3 heteroatoms. The van der Waals surface area contributed by atoms with Gasteiger partial charge >= 0.3 is 0 Å². The highest BCUT2D eigenvalue weighted by atomic mass is 32.1. The van der Waals surface area contributed by atoms with E-state index in [-0.39, 0.29) is 11.9 Å². The van der Waals surface area contributed by atoms with E-state index in [0.29, 0.717) is 6.42 Å². The fourth-order valence-electron chi connectivity index (χ4n) is 1.04. The van der Waals surface area contributed by atoms with Gasteiger partial charge in [0.2, 0.25) is 0 Å². The molecule has 0 aromatic carbocycles. The Morgan fingerprint density at radius 3 is 3.00 bits per heavy atom. The average molecular weight is 198 g/mol. The summed E-state index contributed by atoms with van der Waals surface area (Å²) in [5.74, 6) is 0.175. The van der Waals surface area contributed by atoms with Gasteiger partial charge in [0.05, 0.1) is 0 Å². The molecular weight excluding hydrogens is 184 g/mol. The second-order valence-corrected chi connectivity index (χ2v) is 3.76. The molecular formula is C10H14O2S. The van der Waals surface area contributed by atoms with Crippen LogP contribution >= 0.6 is 11.3 Å². The predicted molar refractivity (Wildman–Crippen MR) is 54.1 cm³/mol. The Morgan fingerprint density at radius 2 is 2.46 bits per heavy atom. The number of ketones is 1. The number of carbonyl (C=O) groups excluding carboxylic acids is 1. The van der Waals surface area contributed by atoms with E-state index in [1.54, 1.807) is 25.4 Å². The summed E-state index contributed by atoms with van der Waals surface area (Å²) in [6.45, 7) is 1.79. The fraction of sp³-hybridized carbons (Fsp3) is 0.500. The Bertz CT molecular complexity index is 254. The molecule has 1 unspecified atom stereocenters. The molecule has 0 saturated carbocycles. The van der Waals surface area contributed by atoms with E-state index < -0.39 is 0 Å². The number of hydrogen-bond acceptors (Lipinski definition) is 3. The van der Waals surface area contributed by atoms with Gasteiger partial charge in [0.25, 0.3) is 0 Å². The van der Waals surface area contributed by atoms with Crippen molar-refractivity contribution in [1.82, 2.24) is 0 Å². The number of hydrogen-bond donors (Lipinski definition) is 0. The quantitative estimate of drug-likeness (QED) is 0.725. The molecule has 13 heavy (non-hydrogen) atoms. The lowest BCUT2D eigenvalue weighted by atomic mass is 10.1. The summed E-state index contributed by atoms with van der Waals surface area (Å²) >= 11 is 1.66. The zero-order chi connectivity index (χ0) is 9.68. The maximum Gasteiger partial charge on any atom is 0.161 e. The van der Waals surface area contributed by atoms with Crippen LogP contribution in [0.25, 0.3) is 0 Å². The molecule has 1 heterocycles. The summed E-state index contributed by atoms with van der Waals surface area (Å²) in [4.78, 5) is 11.3. The van der Waals surface area contributed by atoms with Gasteiger partial charge in [0.1, 0.15) is 6.10 Å². The second-order valence-electron chi connectivity index (χ2n) is 2.98. The maximum absolute atomic E-state index is 11.3. The lowest BCUT2D eigenvalue weighted by Gasteiger charge is -2.06. The van der Waals surface area contributed by atoms with Crippen LogP contribution in [-0.2, 0) is 16.0 Å². The zero-order valence-electron chi connectivity index (χ0n) is 7.95. The van der Waals surface area contributed by atoms with Gasteiger partial charge in [-0.25, -0.2) is 0 Å². The smallest absolute Gasteiger partial charge is 0.161 e. The van der Waals surface area contributed by atoms with E-state index in [1.165, 1.54) is 5.56 Å². The van der Waals surface area contributed by atoms with Gasteiger partial charge in [-0.1, -0.05) is 0 Å². The molecule has 0 N–H and O–H groups in total. The summed E-state index contributed by atoms with van der Waals surface area (Å²) in [6.07, 6.45) is 1.14. The summed E-state index contributed by atoms with van der Waals surface area (Å²) in [6, 6.07) is 2.05. The van der Waals surface area contributed by atoms with Crippen LogP contribution in [0.2, 0.25) is 0 Å². The zero-order valence-corrected chi connectivity index (χ0v) is 8.76. The molecule has 0 spiro atoms. The highest BCUT2D eigenvalue weighted by Gasteiger charge is 2.10. The molecule has 1 rings (SSSR count). The number of aryl methyl sites for hydroxylation is 1. The van der Waals surface area contributed by atoms with Crippen LogP contribution in [0.1, 0.15) is 18.9 Å². The molecule has 1 atom stereocenters. The first-order valence-electron chi connectivity index (χ1n) is 4.30. The van der Waals surface area contributed by atoms with Crippen molar-refractivity contribution < 1.29 is 9.53 Å². The molecule has 0 fully saturated rings. The first-order chi connectivity index (χ1) is 6.24. The third-order valence-electron chi connectivity index (χ3n) is 2.05. The van der Waals surface area contributed by atoms with Crippen LogP contribution in [0.3, 0.4) is 0 Å². The topological polar surface area (TPSA) is 26.3 Å². The van der Waals surface area contributed by atoms with E-state index in [4.69, 9.17) is 4.74 Å². The first-order valence-corrected chi connectivity index (χ1v) is 5.25. The van der Waals surface area contributed by atoms with Crippen molar-refractivity contribution in [3.05, 3.63) is 22.4 Å². The molecule has 0 aliphatic carbocycles. The van der Waals surface area contributed by atoms with Crippen LogP contribution in [0.4, 0.5) is 0 Å². The number of carbonyl (C=O) groups is 1. The van der Waals surface area contributed by atoms with Crippen LogP contribution < -0.4 is 0 Å². The Kier molecular flexibility index (Phi) is 4.12. The normalized spacial score (nSPS) is 12.8. The van der Waals surface area contributed by atoms with Gasteiger partial charge in [-0.3, -0.25) is 4.79 Å². The van der Waals surface area contributed by atoms with E-state index in [0.717, 1.165) is 6.42 Å². The molecule has 0 radical (unpaired) electrons. The van der Waals surface area contributed by atoms with Gasteiger partial charge in [0, 0.05) is 13.5 Å². The van der Waals surface area contributed by atoms with E-state index in [2.05, 4.69) is 11.4 Å². The Labute approximate surface area is 82.5 Å². The van der Waals surface area contributed by atoms with Gasteiger partial charge in [-0.15, -0.1) is 0 Å². The van der Waals surface area contributed by atoms with Crippen molar-refractivity contribution in [3.8, 4) is 0 Å². The van der Waals surface area contributed by atoms with Crippen LogP contribution in [-0.4, -0.2) is 19.0 Å². The molecule has 2 nitrogen and oxygen atoms in total. The number of thiophene rings is 1. The molecule has 1 aromatic rings. The fourth-order valence-corrected chi connectivity index (χ4v) is 1.74. The van der Waals surface area contributed by atoms with E-state index >= 15 is 0 Å². The van der Waals surface area contributed by atoms with Crippen LogP contribution in [0.5, 0.6) is 0 Å². The standard InChI is InChI=1S/C10H14O2S/c1-8(12-2)10(11)4-3-9-5-6-13-7-9/h5-8H,3-4H2,1-2H3. The van der Waals surface area contributed by atoms with Gasteiger partial charge in [0.15, 0.2) is 5.78 Å². The second kappa shape index (κ2) is 5.14. The summed E-state index contributed by atoms with van der Waals surface area (Å²) in [7, 11) is 1.56. The highest BCUT2D eigenvalue weighted by Crippen LogP contribution is 2.09. The Hall–Kier alpha value is -0.670. The Morgan fingerprint density at radius 1 is 1.69 bits per heavy atom. The van der Waals surface area contributed by atoms with Crippen LogP contribution in [0.15, 0.2) is 16.8 Å². The number of ether oxygens (including phenoxy) is 1. The highest BCUT2D eigenvalue weighted by molar-refractivity contribution is 7.07. The van der Waals surface area contributed by atoms with Gasteiger partial charge < -0.3 is 4.74 Å². The molecule has 72 valence electrons. The molecule has 1 aromatic heterocycles. The van der Waals surface area contributed by atoms with Crippen molar-refractivity contribution in [3.63, 3.8) is 0 Å². The van der Waals surface area contributed by atoms with Gasteiger partial charge in [-0.05, 0) is 35.7 Å². The van der Waals surface area contributed by atoms with E-state index in [1.807, 2.05) is 5.38 Å². The third-order valence-corrected chi connectivity index (χ3v) is 2.78. The molecule has 0 aliphatic heterocycles. The third kappa shape index (κ3) is 3.28. The number of methoxy groups -OCH3 is 1. The minimum Gasteiger partial charge on any atom is -0.374 e. The number of Topliss-reactive ketones (excluding diaryl/α,β-unsaturated/α-hetero) is 1. The summed E-state index contributed by atoms with van der Waals surface area (Å²) < 4.78 is 4.93. The van der Waals surface area contributed by atoms with Crippen molar-refractivity contribution >= 4 is 17.1 Å². The Balaban J connectivity index is 2.31. The molecule has 0 aliphatic rings.